The van der Waals surface area contributed by atoms with Gasteiger partial charge in [-0.3, -0.25) is 14.6 Å². The lowest BCUT2D eigenvalue weighted by molar-refractivity contribution is -0.130. The molecule has 3 N–H and O–H groups in total. The maximum Gasteiger partial charge on any atom is 0.405 e. The SMILES string of the molecule is O=C(O)NC1(c2ccc(-c3ncc(NC(=O)CC4CCC(N5CCCC5=O)CC4)cc3-c3ccsc3)cc2)CCC1. The highest BCUT2D eigenvalue weighted by Crippen LogP contribution is 2.42. The molecule has 1 aliphatic heterocycles. The topological polar surface area (TPSA) is 112 Å². The van der Waals surface area contributed by atoms with Gasteiger partial charge in [0, 0.05) is 36.6 Å². The molecule has 3 aromatic rings. The molecule has 3 heterocycles. The Kier molecular flexibility index (Phi) is 7.79. The molecule has 0 atom stereocenters. The van der Waals surface area contributed by atoms with Gasteiger partial charge in [-0.1, -0.05) is 24.3 Å². The highest BCUT2D eigenvalue weighted by molar-refractivity contribution is 7.08. The van der Waals surface area contributed by atoms with Gasteiger partial charge in [0.2, 0.25) is 11.8 Å². The Morgan fingerprint density at radius 1 is 1.05 bits per heavy atom. The van der Waals surface area contributed by atoms with Gasteiger partial charge in [0.05, 0.1) is 23.1 Å². The van der Waals surface area contributed by atoms with Gasteiger partial charge in [-0.05, 0) is 91.3 Å². The minimum absolute atomic E-state index is 0.00222. The Morgan fingerprint density at radius 2 is 1.83 bits per heavy atom. The van der Waals surface area contributed by atoms with Gasteiger partial charge in [-0.15, -0.1) is 0 Å². The molecule has 1 aromatic carbocycles. The number of carboxylic acid groups (broad SMARTS) is 1. The lowest BCUT2D eigenvalue weighted by Crippen LogP contribution is -2.50. The van der Waals surface area contributed by atoms with Crippen molar-refractivity contribution in [2.75, 3.05) is 11.9 Å². The van der Waals surface area contributed by atoms with E-state index in [4.69, 9.17) is 4.98 Å². The molecule has 1 saturated heterocycles. The molecule has 214 valence electrons. The molecule has 0 bridgehead atoms. The third-order valence-electron chi connectivity index (χ3n) is 9.11. The van der Waals surface area contributed by atoms with Crippen molar-refractivity contribution < 1.29 is 19.5 Å². The van der Waals surface area contributed by atoms with E-state index in [9.17, 15) is 19.5 Å². The second kappa shape index (κ2) is 11.6. The van der Waals surface area contributed by atoms with Gasteiger partial charge in [0.1, 0.15) is 0 Å². The number of aromatic nitrogens is 1. The van der Waals surface area contributed by atoms with Gasteiger partial charge in [0.15, 0.2) is 0 Å². The quantitative estimate of drug-likeness (QED) is 0.280. The van der Waals surface area contributed by atoms with E-state index in [2.05, 4.69) is 27.0 Å². The molecule has 3 fully saturated rings. The van der Waals surface area contributed by atoms with Crippen LogP contribution in [0.25, 0.3) is 22.4 Å². The second-order valence-electron chi connectivity index (χ2n) is 11.7. The van der Waals surface area contributed by atoms with E-state index >= 15 is 0 Å². The number of anilines is 1. The third kappa shape index (κ3) is 5.86. The fourth-order valence-electron chi connectivity index (χ4n) is 6.76. The minimum atomic E-state index is -1.00. The van der Waals surface area contributed by atoms with Crippen molar-refractivity contribution in [1.29, 1.82) is 0 Å². The molecule has 2 aliphatic carbocycles. The largest absolute Gasteiger partial charge is 0.465 e. The summed E-state index contributed by atoms with van der Waals surface area (Å²) in [6.07, 6.45) is 9.33. The number of nitrogens with zero attached hydrogens (tertiary/aromatic N) is 2. The van der Waals surface area contributed by atoms with Gasteiger partial charge < -0.3 is 20.6 Å². The van der Waals surface area contributed by atoms with Gasteiger partial charge >= 0.3 is 6.09 Å². The summed E-state index contributed by atoms with van der Waals surface area (Å²) in [6.45, 7) is 0.886. The number of amides is 3. The van der Waals surface area contributed by atoms with E-state index < -0.39 is 11.6 Å². The van der Waals surface area contributed by atoms with E-state index in [1.807, 2.05) is 35.7 Å². The Balaban J connectivity index is 1.14. The third-order valence-corrected chi connectivity index (χ3v) is 9.79. The summed E-state index contributed by atoms with van der Waals surface area (Å²) >= 11 is 1.61. The first-order valence-corrected chi connectivity index (χ1v) is 15.6. The van der Waals surface area contributed by atoms with Gasteiger partial charge in [-0.2, -0.15) is 11.3 Å². The Bertz CT molecular complexity index is 1410. The molecular weight excluding hydrogens is 536 g/mol. The molecule has 2 saturated carbocycles. The smallest absolute Gasteiger partial charge is 0.405 e. The van der Waals surface area contributed by atoms with Crippen LogP contribution in [0.5, 0.6) is 0 Å². The number of pyridine rings is 1. The van der Waals surface area contributed by atoms with Crippen molar-refractivity contribution in [3.63, 3.8) is 0 Å². The summed E-state index contributed by atoms with van der Waals surface area (Å²) in [5.41, 5.74) is 4.86. The van der Waals surface area contributed by atoms with Crippen LogP contribution < -0.4 is 10.6 Å². The van der Waals surface area contributed by atoms with Crippen LogP contribution in [0.3, 0.4) is 0 Å². The molecule has 0 unspecified atom stereocenters. The van der Waals surface area contributed by atoms with Crippen molar-refractivity contribution in [3.05, 3.63) is 58.9 Å². The second-order valence-corrected chi connectivity index (χ2v) is 12.5. The molecule has 41 heavy (non-hydrogen) atoms. The fraction of sp³-hybridized carbons (Fsp3) is 0.438. The lowest BCUT2D eigenvalue weighted by Gasteiger charge is -2.42. The fourth-order valence-corrected chi connectivity index (χ4v) is 7.41. The molecule has 6 rings (SSSR count). The van der Waals surface area contributed by atoms with Crippen LogP contribution >= 0.6 is 11.3 Å². The Labute approximate surface area is 244 Å². The standard InChI is InChI=1S/C32H36N4O4S/c37-28(17-21-4-10-26(11-5-21)36-15-1-3-29(36)38)34-25-18-27(23-12-16-41-20-23)30(33-19-25)22-6-8-24(9-7-22)32(13-2-14-32)35-31(39)40/h6-9,12,16,18-21,26,35H,1-5,10-11,13-15,17H2,(H,34,37)(H,39,40). The zero-order valence-corrected chi connectivity index (χ0v) is 23.9. The molecule has 8 nitrogen and oxygen atoms in total. The molecule has 0 spiro atoms. The highest BCUT2D eigenvalue weighted by Gasteiger charge is 2.40. The lowest BCUT2D eigenvalue weighted by atomic mass is 9.71. The molecule has 3 amide bonds. The number of thiophene rings is 1. The van der Waals surface area contributed by atoms with E-state index in [-0.39, 0.29) is 11.8 Å². The van der Waals surface area contributed by atoms with Crippen LogP contribution in [0.2, 0.25) is 0 Å². The van der Waals surface area contributed by atoms with E-state index in [1.165, 1.54) is 0 Å². The van der Waals surface area contributed by atoms with E-state index in [0.717, 1.165) is 85.9 Å². The first-order chi connectivity index (χ1) is 19.9. The number of hydrogen-bond donors (Lipinski definition) is 3. The summed E-state index contributed by atoms with van der Waals surface area (Å²) in [5.74, 6) is 0.621. The number of likely N-dealkylation sites (tertiary alicyclic amines) is 1. The zero-order chi connectivity index (χ0) is 28.4. The van der Waals surface area contributed by atoms with Crippen molar-refractivity contribution in [3.8, 4) is 22.4 Å². The van der Waals surface area contributed by atoms with Crippen LogP contribution in [0, 0.1) is 5.92 Å². The van der Waals surface area contributed by atoms with Crippen molar-refractivity contribution in [2.45, 2.75) is 75.8 Å². The van der Waals surface area contributed by atoms with Crippen molar-refractivity contribution in [2.24, 2.45) is 5.92 Å². The van der Waals surface area contributed by atoms with Crippen LogP contribution in [-0.4, -0.2) is 45.5 Å². The summed E-state index contributed by atoms with van der Waals surface area (Å²) in [5, 5.41) is 19.2. The zero-order valence-electron chi connectivity index (χ0n) is 23.1. The van der Waals surface area contributed by atoms with Gasteiger partial charge in [0.25, 0.3) is 0 Å². The van der Waals surface area contributed by atoms with E-state index in [1.54, 1.807) is 17.5 Å². The number of benzene rings is 1. The number of hydrogen-bond acceptors (Lipinski definition) is 5. The summed E-state index contributed by atoms with van der Waals surface area (Å²) in [7, 11) is 0. The Morgan fingerprint density at radius 3 is 2.44 bits per heavy atom. The molecule has 2 aromatic heterocycles. The van der Waals surface area contributed by atoms with Gasteiger partial charge in [-0.25, -0.2) is 4.79 Å². The summed E-state index contributed by atoms with van der Waals surface area (Å²) in [6, 6.07) is 12.4. The summed E-state index contributed by atoms with van der Waals surface area (Å²) < 4.78 is 0. The van der Waals surface area contributed by atoms with Crippen LogP contribution in [0.4, 0.5) is 10.5 Å². The predicted octanol–water partition coefficient (Wildman–Crippen LogP) is 6.63. The summed E-state index contributed by atoms with van der Waals surface area (Å²) in [4.78, 5) is 43.3. The number of nitrogens with one attached hydrogen (secondary N) is 2. The minimum Gasteiger partial charge on any atom is -0.465 e. The van der Waals surface area contributed by atoms with Crippen LogP contribution in [0.15, 0.2) is 53.4 Å². The highest BCUT2D eigenvalue weighted by atomic mass is 32.1. The maximum atomic E-state index is 13.0. The monoisotopic (exact) mass is 572 g/mol. The first kappa shape index (κ1) is 27.4. The molecule has 9 heteroatoms. The number of rotatable bonds is 8. The maximum absolute atomic E-state index is 13.0. The number of carbonyl (C=O) groups excluding carboxylic acids is 2. The average Bonchev–Trinajstić information content (AvgIpc) is 3.64. The van der Waals surface area contributed by atoms with Crippen molar-refractivity contribution >= 4 is 34.9 Å². The predicted molar refractivity (Wildman–Crippen MR) is 160 cm³/mol. The van der Waals surface area contributed by atoms with Crippen LogP contribution in [0.1, 0.15) is 69.8 Å². The molecular formula is C32H36N4O4S. The average molecular weight is 573 g/mol. The molecule has 3 aliphatic rings. The van der Waals surface area contributed by atoms with E-state index in [0.29, 0.717) is 30.5 Å². The Hall–Kier alpha value is -3.72. The van der Waals surface area contributed by atoms with Crippen LogP contribution in [-0.2, 0) is 15.1 Å². The van der Waals surface area contributed by atoms with Crippen molar-refractivity contribution in [1.82, 2.24) is 15.2 Å². The number of carbonyl (C=O) groups is 3. The molecule has 0 radical (unpaired) electrons. The normalized spacial score (nSPS) is 21.8. The first-order valence-electron chi connectivity index (χ1n) is 14.6.